The molecule has 0 unspecified atom stereocenters. The Labute approximate surface area is 189 Å². The van der Waals surface area contributed by atoms with Crippen molar-refractivity contribution < 1.29 is 9.47 Å². The van der Waals surface area contributed by atoms with E-state index in [1.54, 1.807) is 11.5 Å². The van der Waals surface area contributed by atoms with E-state index in [-0.39, 0.29) is 5.56 Å². The minimum absolute atomic E-state index is 0.0763. The normalized spacial score (nSPS) is 12.0. The van der Waals surface area contributed by atoms with E-state index in [1.165, 1.54) is 16.9 Å². The van der Waals surface area contributed by atoms with Crippen LogP contribution in [0.5, 0.6) is 11.5 Å². The van der Waals surface area contributed by atoms with Gasteiger partial charge in [-0.05, 0) is 48.7 Å². The molecule has 0 saturated heterocycles. The second-order valence-corrected chi connectivity index (χ2v) is 8.68. The van der Waals surface area contributed by atoms with E-state index >= 15 is 0 Å². The molecule has 5 nitrogen and oxygen atoms in total. The maximum Gasteiger partial charge on any atom is 0.274 e. The third-order valence-electron chi connectivity index (χ3n) is 5.68. The Morgan fingerprint density at radius 2 is 1.84 bits per heavy atom. The van der Waals surface area contributed by atoms with Crippen molar-refractivity contribution in [2.24, 2.45) is 0 Å². The Kier molecular flexibility index (Phi) is 5.15. The monoisotopic (exact) mass is 442 g/mol. The Morgan fingerprint density at radius 1 is 1.03 bits per heavy atom. The molecule has 32 heavy (non-hydrogen) atoms. The number of aromatic nitrogens is 2. The van der Waals surface area contributed by atoms with Crippen LogP contribution in [0.15, 0.2) is 65.5 Å². The van der Waals surface area contributed by atoms with E-state index in [9.17, 15) is 4.79 Å². The van der Waals surface area contributed by atoms with E-state index in [0.29, 0.717) is 27.6 Å². The highest BCUT2D eigenvalue weighted by Crippen LogP contribution is 2.32. The van der Waals surface area contributed by atoms with Gasteiger partial charge in [0.15, 0.2) is 16.5 Å². The Hall–Kier alpha value is -3.64. The van der Waals surface area contributed by atoms with Crippen molar-refractivity contribution >= 4 is 33.4 Å². The topological polar surface area (TPSA) is 52.8 Å². The number of fused-ring (bicyclic) bond motifs is 3. The summed E-state index contributed by atoms with van der Waals surface area (Å²) in [6.07, 6.45) is 1.86. The molecule has 0 amide bonds. The van der Waals surface area contributed by atoms with Gasteiger partial charge < -0.3 is 9.47 Å². The molecule has 160 valence electrons. The van der Waals surface area contributed by atoms with E-state index in [4.69, 9.17) is 14.5 Å². The summed E-state index contributed by atoms with van der Waals surface area (Å²) in [5, 5.41) is 0. The minimum atomic E-state index is -0.0763. The average molecular weight is 443 g/mol. The fraction of sp³-hybridized carbons (Fsp3) is 0.154. The Balaban J connectivity index is 1.62. The second kappa shape index (κ2) is 8.13. The van der Waals surface area contributed by atoms with Crippen LogP contribution in [0.3, 0.4) is 0 Å². The summed E-state index contributed by atoms with van der Waals surface area (Å²) in [5.41, 5.74) is 5.77. The largest absolute Gasteiger partial charge is 0.493 e. The standard InChI is InChI=1S/C26H22N2O3S/c1-16-12-13-20-23(17(16)2)27-26-28(20)25(29)22(32-26)14-19-10-7-11-21(30-3)24(19)31-15-18-8-5-4-6-9-18/h4-14H,15H2,1-3H3. The van der Waals surface area contributed by atoms with E-state index < -0.39 is 0 Å². The molecule has 0 bridgehead atoms. The first-order chi connectivity index (χ1) is 15.6. The van der Waals surface area contributed by atoms with Crippen LogP contribution < -0.4 is 19.6 Å². The highest BCUT2D eigenvalue weighted by molar-refractivity contribution is 7.15. The van der Waals surface area contributed by atoms with Gasteiger partial charge in [-0.25, -0.2) is 9.38 Å². The molecule has 0 spiro atoms. The number of benzene rings is 3. The van der Waals surface area contributed by atoms with E-state index in [1.807, 2.05) is 73.7 Å². The van der Waals surface area contributed by atoms with Gasteiger partial charge in [0, 0.05) is 5.56 Å². The van der Waals surface area contributed by atoms with Crippen LogP contribution >= 0.6 is 11.3 Å². The Morgan fingerprint density at radius 3 is 2.62 bits per heavy atom. The molecule has 0 N–H and O–H groups in total. The summed E-state index contributed by atoms with van der Waals surface area (Å²) in [6, 6.07) is 19.6. The molecular weight excluding hydrogens is 420 g/mol. The molecular formula is C26H22N2O3S. The van der Waals surface area contributed by atoms with Gasteiger partial charge in [0.2, 0.25) is 0 Å². The van der Waals surface area contributed by atoms with Crippen LogP contribution in [0, 0.1) is 13.8 Å². The molecule has 0 fully saturated rings. The van der Waals surface area contributed by atoms with Crippen LogP contribution in [-0.4, -0.2) is 16.5 Å². The van der Waals surface area contributed by atoms with Crippen LogP contribution in [0.1, 0.15) is 22.3 Å². The van der Waals surface area contributed by atoms with E-state index in [0.717, 1.165) is 27.7 Å². The Bertz CT molecular complexity index is 1550. The quantitative estimate of drug-likeness (QED) is 0.397. The number of ether oxygens (including phenoxy) is 2. The third kappa shape index (κ3) is 3.42. The lowest BCUT2D eigenvalue weighted by Gasteiger charge is -2.13. The summed E-state index contributed by atoms with van der Waals surface area (Å²) in [4.78, 5) is 18.7. The van der Waals surface area contributed by atoms with Crippen LogP contribution in [-0.2, 0) is 6.61 Å². The number of rotatable bonds is 5. The molecule has 0 atom stereocenters. The molecule has 0 saturated carbocycles. The molecule has 0 aliphatic carbocycles. The van der Waals surface area contributed by atoms with Gasteiger partial charge in [-0.1, -0.05) is 59.9 Å². The van der Waals surface area contributed by atoms with E-state index in [2.05, 4.69) is 6.92 Å². The van der Waals surface area contributed by atoms with Crippen LogP contribution in [0.25, 0.3) is 22.1 Å². The third-order valence-corrected chi connectivity index (χ3v) is 6.65. The number of hydrogen-bond acceptors (Lipinski definition) is 5. The second-order valence-electron chi connectivity index (χ2n) is 7.67. The fourth-order valence-electron chi connectivity index (χ4n) is 3.80. The number of para-hydroxylation sites is 1. The number of aryl methyl sites for hydroxylation is 2. The molecule has 0 aliphatic rings. The first-order valence-electron chi connectivity index (χ1n) is 10.3. The highest BCUT2D eigenvalue weighted by atomic mass is 32.1. The molecule has 5 aromatic rings. The van der Waals surface area contributed by atoms with Crippen molar-refractivity contribution in [3.05, 3.63) is 97.8 Å². The van der Waals surface area contributed by atoms with Gasteiger partial charge in [0.05, 0.1) is 22.7 Å². The molecule has 3 aromatic carbocycles. The minimum Gasteiger partial charge on any atom is -0.493 e. The molecule has 0 aliphatic heterocycles. The predicted molar refractivity (Wildman–Crippen MR) is 129 cm³/mol. The van der Waals surface area contributed by atoms with Gasteiger partial charge in [0.1, 0.15) is 6.61 Å². The SMILES string of the molecule is COc1cccc(C=c2sc3nc4c(C)c(C)ccc4n3c2=O)c1OCc1ccccc1. The lowest BCUT2D eigenvalue weighted by atomic mass is 10.1. The zero-order valence-corrected chi connectivity index (χ0v) is 18.9. The highest BCUT2D eigenvalue weighted by Gasteiger charge is 2.15. The van der Waals surface area contributed by atoms with Gasteiger partial charge in [-0.3, -0.25) is 4.79 Å². The summed E-state index contributed by atoms with van der Waals surface area (Å²) < 4.78 is 14.0. The van der Waals surface area contributed by atoms with Gasteiger partial charge in [-0.15, -0.1) is 0 Å². The summed E-state index contributed by atoms with van der Waals surface area (Å²) >= 11 is 1.38. The fourth-order valence-corrected chi connectivity index (χ4v) is 4.77. The number of methoxy groups -OCH3 is 1. The number of imidazole rings is 1. The molecule has 2 heterocycles. The molecule has 0 radical (unpaired) electrons. The summed E-state index contributed by atoms with van der Waals surface area (Å²) in [5.74, 6) is 1.24. The molecule has 5 rings (SSSR count). The van der Waals surface area contributed by atoms with Crippen molar-refractivity contribution in [1.82, 2.24) is 9.38 Å². The predicted octanol–water partition coefficient (Wildman–Crippen LogP) is 4.66. The maximum absolute atomic E-state index is 13.3. The van der Waals surface area contributed by atoms with Gasteiger partial charge >= 0.3 is 0 Å². The lowest BCUT2D eigenvalue weighted by Crippen LogP contribution is -2.22. The summed E-state index contributed by atoms with van der Waals surface area (Å²) in [7, 11) is 1.61. The van der Waals surface area contributed by atoms with Gasteiger partial charge in [-0.2, -0.15) is 0 Å². The average Bonchev–Trinajstić information content (AvgIpc) is 3.32. The summed E-state index contributed by atoms with van der Waals surface area (Å²) in [6.45, 7) is 4.50. The smallest absolute Gasteiger partial charge is 0.274 e. The number of hydrogen-bond donors (Lipinski definition) is 0. The van der Waals surface area contributed by atoms with Crippen molar-refractivity contribution in [3.63, 3.8) is 0 Å². The molecule has 2 aromatic heterocycles. The van der Waals surface area contributed by atoms with Crippen molar-refractivity contribution in [1.29, 1.82) is 0 Å². The first-order valence-corrected chi connectivity index (χ1v) is 11.1. The lowest BCUT2D eigenvalue weighted by molar-refractivity contribution is 0.284. The maximum atomic E-state index is 13.3. The van der Waals surface area contributed by atoms with Crippen molar-refractivity contribution in [2.75, 3.05) is 7.11 Å². The zero-order valence-electron chi connectivity index (χ0n) is 18.1. The van der Waals surface area contributed by atoms with Crippen molar-refractivity contribution in [2.45, 2.75) is 20.5 Å². The van der Waals surface area contributed by atoms with Crippen molar-refractivity contribution in [3.8, 4) is 11.5 Å². The van der Waals surface area contributed by atoms with Gasteiger partial charge in [0.25, 0.3) is 5.56 Å². The number of nitrogens with zero attached hydrogens (tertiary/aromatic N) is 2. The molecule has 6 heteroatoms. The first kappa shape index (κ1) is 20.3. The van der Waals surface area contributed by atoms with Crippen LogP contribution in [0.4, 0.5) is 0 Å². The van der Waals surface area contributed by atoms with Crippen LogP contribution in [0.2, 0.25) is 0 Å². The number of thiazole rings is 1. The zero-order chi connectivity index (χ0) is 22.2.